The van der Waals surface area contributed by atoms with E-state index in [-0.39, 0.29) is 0 Å². The normalized spacial score (nSPS) is 28.6. The minimum Gasteiger partial charge on any atom is -0.379 e. The Bertz CT molecular complexity index is 435. The maximum Gasteiger partial charge on any atom is 0.241 e. The van der Waals surface area contributed by atoms with E-state index in [1.807, 2.05) is 0 Å². The molecule has 0 aromatic rings. The first-order chi connectivity index (χ1) is 7.87. The molecule has 0 aromatic heterocycles. The van der Waals surface area contributed by atoms with Gasteiger partial charge >= 0.3 is 0 Å². The molecule has 0 amide bonds. The summed E-state index contributed by atoms with van der Waals surface area (Å²) in [4.78, 5) is 0. The molecule has 0 aromatic carbocycles. The molecular formula is C8H18F2N2O4S2. The number of hydrogen-bond donors (Lipinski definition) is 0. The Balaban J connectivity index is 0.000000321. The van der Waals surface area contributed by atoms with Crippen LogP contribution in [0.25, 0.3) is 4.13 Å². The third-order valence-electron chi connectivity index (χ3n) is 2.86. The molecule has 1 saturated heterocycles. The Kier molecular flexibility index (Phi) is 6.11. The minimum atomic E-state index is -5.62. The molecule has 0 radical (unpaired) electrons. The van der Waals surface area contributed by atoms with Gasteiger partial charge in [-0.2, -0.15) is 0 Å². The molecule has 0 N–H and O–H groups in total. The van der Waals surface area contributed by atoms with Crippen molar-refractivity contribution in [1.82, 2.24) is 0 Å². The molecule has 6 nitrogen and oxygen atoms in total. The summed E-state index contributed by atoms with van der Waals surface area (Å²) in [6, 6.07) is 0. The van der Waals surface area contributed by atoms with Crippen LogP contribution in [0.3, 0.4) is 0 Å². The van der Waals surface area contributed by atoms with Gasteiger partial charge in [0, 0.05) is 12.3 Å². The van der Waals surface area contributed by atoms with Gasteiger partial charge in [0.2, 0.25) is 20.8 Å². The van der Waals surface area contributed by atoms with E-state index in [2.05, 4.69) is 20.9 Å². The number of hydrogen-bond acceptors (Lipinski definition) is 4. The van der Waals surface area contributed by atoms with Crippen molar-refractivity contribution in [2.75, 3.05) is 26.7 Å². The van der Waals surface area contributed by atoms with Crippen molar-refractivity contribution in [2.24, 2.45) is 5.92 Å². The number of likely N-dealkylation sites (tertiary alicyclic amines) is 1. The van der Waals surface area contributed by atoms with Crippen molar-refractivity contribution >= 4 is 20.8 Å². The molecule has 1 heterocycles. The topological polar surface area (TPSA) is 82.4 Å². The van der Waals surface area contributed by atoms with Crippen LogP contribution in [0, 0.1) is 5.92 Å². The third kappa shape index (κ3) is 8.72. The lowest BCUT2D eigenvalue weighted by atomic mass is 10.2. The largest absolute Gasteiger partial charge is 0.379 e. The fourth-order valence-electron chi connectivity index (χ4n) is 1.86. The zero-order valence-corrected chi connectivity index (χ0v) is 12.1. The van der Waals surface area contributed by atoms with Gasteiger partial charge in [0.25, 0.3) is 0 Å². The molecule has 0 bridgehead atoms. The lowest BCUT2D eigenvalue weighted by Crippen LogP contribution is -2.40. The van der Waals surface area contributed by atoms with E-state index in [9.17, 15) is 24.6 Å². The Morgan fingerprint density at radius 3 is 1.78 bits per heavy atom. The zero-order chi connectivity index (χ0) is 14.6. The van der Waals surface area contributed by atoms with Gasteiger partial charge < -0.3 is 8.61 Å². The highest BCUT2D eigenvalue weighted by molar-refractivity contribution is 8.07. The van der Waals surface area contributed by atoms with Crippen LogP contribution in [0.1, 0.15) is 20.3 Å². The molecule has 1 aliphatic heterocycles. The molecule has 1 fully saturated rings. The predicted molar refractivity (Wildman–Crippen MR) is 63.7 cm³/mol. The van der Waals surface area contributed by atoms with Gasteiger partial charge in [0.1, 0.15) is 0 Å². The lowest BCUT2D eigenvalue weighted by Gasteiger charge is -2.27. The molecule has 1 rings (SSSR count). The summed E-state index contributed by atoms with van der Waals surface area (Å²) >= 11 is 0. The van der Waals surface area contributed by atoms with Gasteiger partial charge in [-0.3, -0.25) is 0 Å². The van der Waals surface area contributed by atoms with Crippen molar-refractivity contribution < 1.29 is 29.1 Å². The maximum atomic E-state index is 11.1. The monoisotopic (exact) mass is 308 g/mol. The first-order valence-corrected chi connectivity index (χ1v) is 8.02. The van der Waals surface area contributed by atoms with Crippen molar-refractivity contribution in [3.8, 4) is 0 Å². The summed E-state index contributed by atoms with van der Waals surface area (Å²) in [5.41, 5.74) is 0. The van der Waals surface area contributed by atoms with Crippen molar-refractivity contribution in [3.05, 3.63) is 4.13 Å². The Hall–Kier alpha value is -0.320. The molecule has 18 heavy (non-hydrogen) atoms. The summed E-state index contributed by atoms with van der Waals surface area (Å²) < 4.78 is 61.4. The fourth-order valence-corrected chi connectivity index (χ4v) is 2.71. The predicted octanol–water partition coefficient (Wildman–Crippen LogP) is 1.28. The average molecular weight is 308 g/mol. The smallest absolute Gasteiger partial charge is 0.241 e. The van der Waals surface area contributed by atoms with Gasteiger partial charge in [0.15, 0.2) is 0 Å². The van der Waals surface area contributed by atoms with Crippen LogP contribution in [0.4, 0.5) is 7.77 Å². The molecule has 1 aliphatic rings. The van der Waals surface area contributed by atoms with Crippen molar-refractivity contribution in [3.63, 3.8) is 0 Å². The summed E-state index contributed by atoms with van der Waals surface area (Å²) in [6.07, 6.45) is 1.43. The third-order valence-corrected chi connectivity index (χ3v) is 4.28. The summed E-state index contributed by atoms with van der Waals surface area (Å²) in [5, 5.41) is 0. The zero-order valence-electron chi connectivity index (χ0n) is 10.5. The Labute approximate surface area is 107 Å². The number of quaternary nitrogens is 1. The second-order valence-electron chi connectivity index (χ2n) is 4.63. The average Bonchev–Trinajstić information content (AvgIpc) is 2.42. The van der Waals surface area contributed by atoms with E-state index in [1.165, 1.54) is 30.5 Å². The highest BCUT2D eigenvalue weighted by Gasteiger charge is 2.29. The van der Waals surface area contributed by atoms with Crippen LogP contribution in [0.15, 0.2) is 0 Å². The summed E-state index contributed by atoms with van der Waals surface area (Å²) in [5.74, 6) is 0.968. The highest BCUT2D eigenvalue weighted by Crippen LogP contribution is 2.20. The SMILES string of the molecule is CC[N+]1(C)CCC(C)C1.O=S(=O)(F)[N-]S(=O)(=O)F. The number of halogens is 2. The maximum absolute atomic E-state index is 11.1. The van der Waals surface area contributed by atoms with E-state index in [4.69, 9.17) is 0 Å². The molecule has 0 aliphatic carbocycles. The van der Waals surface area contributed by atoms with Crippen molar-refractivity contribution in [2.45, 2.75) is 20.3 Å². The second-order valence-corrected chi connectivity index (χ2v) is 6.88. The molecular weight excluding hydrogens is 290 g/mol. The number of nitrogens with zero attached hydrogens (tertiary/aromatic N) is 2. The fraction of sp³-hybridized carbons (Fsp3) is 1.00. The molecule has 0 saturated carbocycles. The quantitative estimate of drug-likeness (QED) is 0.581. The van der Waals surface area contributed by atoms with Gasteiger partial charge in [0.05, 0.1) is 26.7 Å². The van der Waals surface area contributed by atoms with E-state index in [1.54, 1.807) is 0 Å². The first kappa shape index (κ1) is 17.7. The van der Waals surface area contributed by atoms with E-state index >= 15 is 0 Å². The standard InChI is InChI=1S/C8H18N.F2NO4S2/c1-4-9(3)6-5-8(2)7-9;1-8(4,5)3-9(2,6)7/h8H,4-7H2,1-3H3;/q+1;-1. The van der Waals surface area contributed by atoms with Crippen LogP contribution in [0.2, 0.25) is 0 Å². The van der Waals surface area contributed by atoms with Gasteiger partial charge in [-0.15, -0.1) is 7.77 Å². The molecule has 10 heteroatoms. The first-order valence-electron chi connectivity index (χ1n) is 5.34. The lowest BCUT2D eigenvalue weighted by molar-refractivity contribution is -0.897. The molecule has 2 unspecified atom stereocenters. The molecule has 2 atom stereocenters. The van der Waals surface area contributed by atoms with E-state index in [0.29, 0.717) is 0 Å². The molecule has 0 spiro atoms. The van der Waals surface area contributed by atoms with Crippen LogP contribution in [-0.2, 0) is 20.8 Å². The second kappa shape index (κ2) is 6.22. The summed E-state index contributed by atoms with van der Waals surface area (Å²) in [6.45, 7) is 8.76. The van der Waals surface area contributed by atoms with Crippen molar-refractivity contribution in [1.29, 1.82) is 0 Å². The summed E-state index contributed by atoms with van der Waals surface area (Å²) in [7, 11) is -8.87. The highest BCUT2D eigenvalue weighted by atomic mass is 32.3. The van der Waals surface area contributed by atoms with Crippen LogP contribution in [-0.4, -0.2) is 48.0 Å². The Morgan fingerprint density at radius 2 is 1.67 bits per heavy atom. The van der Waals surface area contributed by atoms with E-state index < -0.39 is 20.8 Å². The Morgan fingerprint density at radius 1 is 1.22 bits per heavy atom. The van der Waals surface area contributed by atoms with Gasteiger partial charge in [-0.25, -0.2) is 16.8 Å². The van der Waals surface area contributed by atoms with Crippen LogP contribution >= 0.6 is 0 Å². The van der Waals surface area contributed by atoms with Gasteiger partial charge in [-0.05, 0) is 6.92 Å². The number of rotatable bonds is 3. The van der Waals surface area contributed by atoms with Crippen LogP contribution in [0.5, 0.6) is 0 Å². The minimum absolute atomic E-state index is 0.968. The van der Waals surface area contributed by atoms with Crippen LogP contribution < -0.4 is 0 Å². The van der Waals surface area contributed by atoms with E-state index in [0.717, 1.165) is 10.0 Å². The molecule has 110 valence electrons. The van der Waals surface area contributed by atoms with Gasteiger partial charge in [-0.1, -0.05) is 6.92 Å².